The molecule has 4 nitrogen and oxygen atoms in total. The van der Waals surface area contributed by atoms with Crippen molar-refractivity contribution in [3.05, 3.63) is 5.01 Å². The topological polar surface area (TPSA) is 54.9 Å². The predicted molar refractivity (Wildman–Crippen MR) is 46.6 cm³/mol. The number of aromatic nitrogens is 2. The summed E-state index contributed by atoms with van der Waals surface area (Å²) in [5.41, 5.74) is 0. The van der Waals surface area contributed by atoms with Crippen LogP contribution in [0.3, 0.4) is 0 Å². The number of hydrogen-bond donors (Lipinski definition) is 1. The Hall–Kier alpha value is -1.18. The zero-order chi connectivity index (χ0) is 11.1. The molecule has 1 heterocycles. The number of nitrogens with one attached hydrogen (secondary N) is 1. The molecule has 1 aliphatic carbocycles. The number of anilines is 1. The van der Waals surface area contributed by atoms with Crippen molar-refractivity contribution < 1.29 is 18.0 Å². The molecule has 1 aromatic heterocycles. The van der Waals surface area contributed by atoms with Gasteiger partial charge in [-0.05, 0) is 12.8 Å². The van der Waals surface area contributed by atoms with Crippen LogP contribution in [0.1, 0.15) is 23.8 Å². The van der Waals surface area contributed by atoms with E-state index in [1.54, 1.807) is 5.32 Å². The largest absolute Gasteiger partial charge is 0.471 e. The first-order valence-corrected chi connectivity index (χ1v) is 5.00. The Labute approximate surface area is 86.5 Å². The number of halogens is 3. The van der Waals surface area contributed by atoms with E-state index in [0.717, 1.165) is 24.2 Å². The molecule has 82 valence electrons. The fourth-order valence-corrected chi connectivity index (χ4v) is 1.86. The van der Waals surface area contributed by atoms with Crippen molar-refractivity contribution in [2.24, 2.45) is 0 Å². The molecule has 15 heavy (non-hydrogen) atoms. The summed E-state index contributed by atoms with van der Waals surface area (Å²) < 4.78 is 35.6. The van der Waals surface area contributed by atoms with Crippen LogP contribution in [0, 0.1) is 0 Å². The van der Waals surface area contributed by atoms with Gasteiger partial charge in [0.1, 0.15) is 5.01 Å². The first-order valence-electron chi connectivity index (χ1n) is 4.18. The number of carbonyl (C=O) groups excluding carboxylic acids is 1. The third kappa shape index (κ3) is 2.44. The number of nitrogens with zero attached hydrogens (tertiary/aromatic N) is 2. The van der Waals surface area contributed by atoms with Crippen molar-refractivity contribution >= 4 is 22.4 Å². The molecule has 0 radical (unpaired) electrons. The molecular weight excluding hydrogens is 231 g/mol. The quantitative estimate of drug-likeness (QED) is 0.854. The minimum atomic E-state index is -4.88. The van der Waals surface area contributed by atoms with Crippen molar-refractivity contribution in [1.82, 2.24) is 10.2 Å². The fraction of sp³-hybridized carbons (Fsp3) is 0.571. The van der Waals surface area contributed by atoms with Crippen LogP contribution in [0.4, 0.5) is 18.3 Å². The zero-order valence-corrected chi connectivity index (χ0v) is 8.15. The number of rotatable bonds is 2. The third-order valence-corrected chi connectivity index (χ3v) is 2.85. The van der Waals surface area contributed by atoms with Gasteiger partial charge in [0.2, 0.25) is 5.13 Å². The summed E-state index contributed by atoms with van der Waals surface area (Å²) in [7, 11) is 0. The van der Waals surface area contributed by atoms with Crippen LogP contribution >= 0.6 is 11.3 Å². The van der Waals surface area contributed by atoms with E-state index >= 15 is 0 Å². The molecule has 2 rings (SSSR count). The van der Waals surface area contributed by atoms with E-state index in [2.05, 4.69) is 10.2 Å². The van der Waals surface area contributed by atoms with Gasteiger partial charge < -0.3 is 0 Å². The molecule has 8 heteroatoms. The van der Waals surface area contributed by atoms with Gasteiger partial charge in [0.15, 0.2) is 0 Å². The molecular formula is C7H6F3N3OS. The second-order valence-electron chi connectivity index (χ2n) is 3.17. The minimum absolute atomic E-state index is 0.0979. The summed E-state index contributed by atoms with van der Waals surface area (Å²) in [5.74, 6) is -1.69. The maximum absolute atomic E-state index is 11.9. The molecule has 1 saturated carbocycles. The Kier molecular flexibility index (Phi) is 2.37. The lowest BCUT2D eigenvalue weighted by atomic mass is 10.5. The Morgan fingerprint density at radius 2 is 2.07 bits per heavy atom. The Morgan fingerprint density at radius 1 is 1.40 bits per heavy atom. The van der Waals surface area contributed by atoms with E-state index in [1.807, 2.05) is 0 Å². The van der Waals surface area contributed by atoms with Crippen LogP contribution in [0.15, 0.2) is 0 Å². The van der Waals surface area contributed by atoms with Gasteiger partial charge in [0.05, 0.1) is 0 Å². The van der Waals surface area contributed by atoms with Crippen LogP contribution < -0.4 is 5.32 Å². The summed E-state index contributed by atoms with van der Waals surface area (Å²) in [6.07, 6.45) is -2.91. The van der Waals surface area contributed by atoms with Crippen LogP contribution in [0.5, 0.6) is 0 Å². The molecule has 0 bridgehead atoms. The van der Waals surface area contributed by atoms with Crippen LogP contribution in [-0.2, 0) is 4.79 Å². The molecule has 1 aliphatic rings. The van der Waals surface area contributed by atoms with Gasteiger partial charge in [0, 0.05) is 5.92 Å². The van der Waals surface area contributed by atoms with Gasteiger partial charge in [0.25, 0.3) is 0 Å². The Morgan fingerprint density at radius 3 is 2.60 bits per heavy atom. The lowest BCUT2D eigenvalue weighted by Gasteiger charge is -2.03. The maximum Gasteiger partial charge on any atom is 0.471 e. The minimum Gasteiger partial charge on any atom is -0.293 e. The van der Waals surface area contributed by atoms with E-state index in [9.17, 15) is 18.0 Å². The smallest absolute Gasteiger partial charge is 0.293 e. The summed E-state index contributed by atoms with van der Waals surface area (Å²) in [6, 6.07) is 0. The SMILES string of the molecule is O=C(Nc1nnc(C2CC2)s1)C(F)(F)F. The number of amides is 1. The van der Waals surface area contributed by atoms with Crippen molar-refractivity contribution in [3.63, 3.8) is 0 Å². The number of hydrogen-bond acceptors (Lipinski definition) is 4. The highest BCUT2D eigenvalue weighted by molar-refractivity contribution is 7.15. The van der Waals surface area contributed by atoms with Gasteiger partial charge >= 0.3 is 12.1 Å². The first kappa shape index (κ1) is 10.3. The van der Waals surface area contributed by atoms with Gasteiger partial charge in [-0.3, -0.25) is 10.1 Å². The van der Waals surface area contributed by atoms with Crippen LogP contribution in [0.25, 0.3) is 0 Å². The number of alkyl halides is 3. The molecule has 0 unspecified atom stereocenters. The molecule has 0 atom stereocenters. The van der Waals surface area contributed by atoms with E-state index < -0.39 is 12.1 Å². The van der Waals surface area contributed by atoms with Gasteiger partial charge in [-0.1, -0.05) is 11.3 Å². The van der Waals surface area contributed by atoms with Gasteiger partial charge in [-0.2, -0.15) is 13.2 Å². The molecule has 1 amide bonds. The number of carbonyl (C=O) groups is 1. The first-order chi connectivity index (χ1) is 6.97. The summed E-state index contributed by atoms with van der Waals surface area (Å²) in [4.78, 5) is 10.5. The maximum atomic E-state index is 11.9. The van der Waals surface area contributed by atoms with Crippen LogP contribution in [-0.4, -0.2) is 22.3 Å². The highest BCUT2D eigenvalue weighted by Gasteiger charge is 2.39. The van der Waals surface area contributed by atoms with E-state index in [-0.39, 0.29) is 5.13 Å². The second kappa shape index (κ2) is 3.44. The molecule has 0 aromatic carbocycles. The van der Waals surface area contributed by atoms with Crippen molar-refractivity contribution in [3.8, 4) is 0 Å². The second-order valence-corrected chi connectivity index (χ2v) is 4.18. The molecule has 0 aliphatic heterocycles. The van der Waals surface area contributed by atoms with Crippen molar-refractivity contribution in [2.75, 3.05) is 5.32 Å². The van der Waals surface area contributed by atoms with E-state index in [4.69, 9.17) is 0 Å². The van der Waals surface area contributed by atoms with Gasteiger partial charge in [-0.25, -0.2) is 0 Å². The lowest BCUT2D eigenvalue weighted by Crippen LogP contribution is -2.29. The van der Waals surface area contributed by atoms with Crippen molar-refractivity contribution in [2.45, 2.75) is 24.9 Å². The normalized spacial score (nSPS) is 16.5. The molecule has 1 fully saturated rings. The lowest BCUT2D eigenvalue weighted by molar-refractivity contribution is -0.167. The predicted octanol–water partition coefficient (Wildman–Crippen LogP) is 1.92. The zero-order valence-electron chi connectivity index (χ0n) is 7.34. The third-order valence-electron chi connectivity index (χ3n) is 1.85. The molecule has 1 N–H and O–H groups in total. The summed E-state index contributed by atoms with van der Waals surface area (Å²) >= 11 is 0.994. The van der Waals surface area contributed by atoms with E-state index in [0.29, 0.717) is 10.9 Å². The average Bonchev–Trinajstić information content (AvgIpc) is 2.87. The van der Waals surface area contributed by atoms with E-state index in [1.165, 1.54) is 0 Å². The Balaban J connectivity index is 2.01. The average molecular weight is 237 g/mol. The van der Waals surface area contributed by atoms with Gasteiger partial charge in [-0.15, -0.1) is 10.2 Å². The van der Waals surface area contributed by atoms with Crippen LogP contribution in [0.2, 0.25) is 0 Å². The summed E-state index contributed by atoms with van der Waals surface area (Å²) in [6.45, 7) is 0. The fourth-order valence-electron chi connectivity index (χ4n) is 0.948. The standard InChI is InChI=1S/C7H6F3N3OS/c8-7(9,10)5(14)11-6-13-12-4(15-6)3-1-2-3/h3H,1-2H2,(H,11,13,14). The molecule has 0 spiro atoms. The van der Waals surface area contributed by atoms with Crippen molar-refractivity contribution in [1.29, 1.82) is 0 Å². The molecule has 1 aromatic rings. The monoisotopic (exact) mass is 237 g/mol. The highest BCUT2D eigenvalue weighted by Crippen LogP contribution is 2.42. The highest BCUT2D eigenvalue weighted by atomic mass is 32.1. The summed E-state index contributed by atoms with van der Waals surface area (Å²) in [5, 5.41) is 9.42. The Bertz CT molecular complexity index is 385. The molecule has 0 saturated heterocycles.